The van der Waals surface area contributed by atoms with Crippen molar-refractivity contribution in [3.8, 4) is 11.5 Å². The number of nitrogens with zero attached hydrogens (tertiary/aromatic N) is 2. The van der Waals surface area contributed by atoms with E-state index in [1.165, 1.54) is 51.5 Å². The average molecular weight is 375 g/mol. The maximum Gasteiger partial charge on any atom is 0.191 e. The monoisotopic (exact) mass is 374 g/mol. The maximum absolute atomic E-state index is 10.1. The second-order valence-electron chi connectivity index (χ2n) is 7.69. The normalized spacial score (nSPS) is 22.4. The number of guanidine groups is 1. The number of hydrogen-bond donors (Lipinski definition) is 3. The Morgan fingerprint density at radius 3 is 2.78 bits per heavy atom. The summed E-state index contributed by atoms with van der Waals surface area (Å²) in [7, 11) is 3.42. The first-order chi connectivity index (χ1) is 13.2. The second-order valence-corrected chi connectivity index (χ2v) is 7.69. The zero-order valence-electron chi connectivity index (χ0n) is 16.7. The van der Waals surface area contributed by atoms with Gasteiger partial charge in [-0.05, 0) is 50.4 Å². The SMILES string of the molecule is CN=C(NCc1cc(OC)ccc1O)NC1CCCN(C2CCCCC2)C1. The summed E-state index contributed by atoms with van der Waals surface area (Å²) < 4.78 is 5.24. The van der Waals surface area contributed by atoms with E-state index in [-0.39, 0.29) is 5.75 Å². The van der Waals surface area contributed by atoms with Gasteiger partial charge in [0.15, 0.2) is 5.96 Å². The van der Waals surface area contributed by atoms with Crippen molar-refractivity contribution in [3.63, 3.8) is 0 Å². The average Bonchev–Trinajstić information content (AvgIpc) is 2.73. The molecule has 27 heavy (non-hydrogen) atoms. The first kappa shape index (κ1) is 19.8. The van der Waals surface area contributed by atoms with E-state index in [0.29, 0.717) is 12.6 Å². The molecule has 3 N–H and O–H groups in total. The molecule has 0 amide bonds. The lowest BCUT2D eigenvalue weighted by Crippen LogP contribution is -2.53. The summed E-state index contributed by atoms with van der Waals surface area (Å²) in [4.78, 5) is 7.05. The lowest BCUT2D eigenvalue weighted by atomic mass is 9.92. The fourth-order valence-corrected chi connectivity index (χ4v) is 4.30. The summed E-state index contributed by atoms with van der Waals surface area (Å²) >= 11 is 0. The number of benzene rings is 1. The van der Waals surface area contributed by atoms with Crippen molar-refractivity contribution in [1.82, 2.24) is 15.5 Å². The van der Waals surface area contributed by atoms with E-state index in [9.17, 15) is 5.11 Å². The largest absolute Gasteiger partial charge is 0.508 e. The molecule has 1 atom stereocenters. The molecule has 1 heterocycles. The summed E-state index contributed by atoms with van der Waals surface area (Å²) in [5.41, 5.74) is 0.796. The van der Waals surface area contributed by atoms with Crippen molar-refractivity contribution >= 4 is 5.96 Å². The van der Waals surface area contributed by atoms with Crippen molar-refractivity contribution in [3.05, 3.63) is 23.8 Å². The third-order valence-corrected chi connectivity index (χ3v) is 5.84. The van der Waals surface area contributed by atoms with Crippen LogP contribution in [0.15, 0.2) is 23.2 Å². The molecule has 1 saturated carbocycles. The van der Waals surface area contributed by atoms with Crippen molar-refractivity contribution in [1.29, 1.82) is 0 Å². The lowest BCUT2D eigenvalue weighted by molar-refractivity contribution is 0.115. The molecule has 1 aliphatic carbocycles. The molecule has 6 heteroatoms. The van der Waals surface area contributed by atoms with Gasteiger partial charge in [0, 0.05) is 37.8 Å². The van der Waals surface area contributed by atoms with E-state index in [4.69, 9.17) is 4.74 Å². The van der Waals surface area contributed by atoms with E-state index in [1.54, 1.807) is 26.3 Å². The number of piperidine rings is 1. The molecule has 0 aromatic heterocycles. The van der Waals surface area contributed by atoms with Gasteiger partial charge in [0.1, 0.15) is 11.5 Å². The number of hydrogen-bond acceptors (Lipinski definition) is 4. The summed E-state index contributed by atoms with van der Waals surface area (Å²) in [5, 5.41) is 17.0. The molecule has 2 fully saturated rings. The van der Waals surface area contributed by atoms with E-state index < -0.39 is 0 Å². The highest BCUT2D eigenvalue weighted by molar-refractivity contribution is 5.80. The van der Waals surface area contributed by atoms with Crippen LogP contribution < -0.4 is 15.4 Å². The van der Waals surface area contributed by atoms with Gasteiger partial charge >= 0.3 is 0 Å². The van der Waals surface area contributed by atoms with E-state index >= 15 is 0 Å². The predicted molar refractivity (Wildman–Crippen MR) is 109 cm³/mol. The van der Waals surface area contributed by atoms with Gasteiger partial charge in [0.25, 0.3) is 0 Å². The molecule has 0 spiro atoms. The summed E-state index contributed by atoms with van der Waals surface area (Å²) in [6.45, 7) is 2.82. The molecule has 1 unspecified atom stereocenters. The lowest BCUT2D eigenvalue weighted by Gasteiger charge is -2.40. The zero-order chi connectivity index (χ0) is 19.1. The predicted octanol–water partition coefficient (Wildman–Crippen LogP) is 2.86. The summed E-state index contributed by atoms with van der Waals surface area (Å²) in [6, 6.07) is 6.46. The molecule has 0 radical (unpaired) electrons. The Morgan fingerprint density at radius 1 is 1.22 bits per heavy atom. The number of aliphatic imine (C=N–C) groups is 1. The number of methoxy groups -OCH3 is 1. The van der Waals surface area contributed by atoms with Crippen LogP contribution in [0.2, 0.25) is 0 Å². The molecular weight excluding hydrogens is 340 g/mol. The number of phenols is 1. The van der Waals surface area contributed by atoms with E-state index in [0.717, 1.165) is 29.9 Å². The van der Waals surface area contributed by atoms with E-state index in [1.807, 2.05) is 6.07 Å². The van der Waals surface area contributed by atoms with Gasteiger partial charge in [-0.3, -0.25) is 9.89 Å². The molecule has 1 aromatic carbocycles. The fourth-order valence-electron chi connectivity index (χ4n) is 4.30. The Bertz CT molecular complexity index is 629. The van der Waals surface area contributed by atoms with Crippen molar-refractivity contribution in [2.75, 3.05) is 27.2 Å². The maximum atomic E-state index is 10.1. The molecule has 1 aromatic rings. The Kier molecular flexibility index (Phi) is 7.21. The zero-order valence-corrected chi connectivity index (χ0v) is 16.7. The van der Waals surface area contributed by atoms with Crippen LogP contribution in [0.3, 0.4) is 0 Å². The van der Waals surface area contributed by atoms with Gasteiger partial charge in [0.2, 0.25) is 0 Å². The standard InChI is InChI=1S/C21H34N4O2/c1-22-21(23-14-16-13-19(27-2)10-11-20(16)26)24-17-7-6-12-25(15-17)18-8-4-3-5-9-18/h10-11,13,17-18,26H,3-9,12,14-15H2,1-2H3,(H2,22,23,24). The minimum absolute atomic E-state index is 0.264. The van der Waals surface area contributed by atoms with Gasteiger partial charge in [0.05, 0.1) is 7.11 Å². The molecule has 150 valence electrons. The van der Waals surface area contributed by atoms with Crippen LogP contribution in [0, 0.1) is 0 Å². The molecule has 1 aliphatic heterocycles. The molecular formula is C21H34N4O2. The fraction of sp³-hybridized carbons (Fsp3) is 0.667. The van der Waals surface area contributed by atoms with Crippen LogP contribution in [-0.4, -0.2) is 55.3 Å². The summed E-state index contributed by atoms with van der Waals surface area (Å²) in [6.07, 6.45) is 9.29. The topological polar surface area (TPSA) is 69.1 Å². The highest BCUT2D eigenvalue weighted by atomic mass is 16.5. The van der Waals surface area contributed by atoms with Gasteiger partial charge < -0.3 is 20.5 Å². The molecule has 2 aliphatic rings. The second kappa shape index (κ2) is 9.83. The number of phenolic OH excluding ortho intramolecular Hbond substituents is 1. The number of rotatable bonds is 5. The summed E-state index contributed by atoms with van der Waals surface area (Å²) in [5.74, 6) is 1.79. The smallest absolute Gasteiger partial charge is 0.191 e. The third kappa shape index (κ3) is 5.51. The van der Waals surface area contributed by atoms with Crippen LogP contribution in [0.1, 0.15) is 50.5 Å². The first-order valence-corrected chi connectivity index (χ1v) is 10.3. The number of ether oxygens (including phenoxy) is 1. The van der Waals surface area contributed by atoms with Crippen LogP contribution >= 0.6 is 0 Å². The van der Waals surface area contributed by atoms with Crippen molar-refractivity contribution in [2.24, 2.45) is 4.99 Å². The van der Waals surface area contributed by atoms with Crippen molar-refractivity contribution < 1.29 is 9.84 Å². The Morgan fingerprint density at radius 2 is 2.04 bits per heavy atom. The van der Waals surface area contributed by atoms with Crippen LogP contribution in [0.5, 0.6) is 11.5 Å². The van der Waals surface area contributed by atoms with E-state index in [2.05, 4.69) is 20.5 Å². The van der Waals surface area contributed by atoms with Gasteiger partial charge in [-0.2, -0.15) is 0 Å². The minimum Gasteiger partial charge on any atom is -0.508 e. The highest BCUT2D eigenvalue weighted by Crippen LogP contribution is 2.25. The van der Waals surface area contributed by atoms with Gasteiger partial charge in [-0.25, -0.2) is 0 Å². The Balaban J connectivity index is 1.52. The molecule has 6 nitrogen and oxygen atoms in total. The van der Waals surface area contributed by atoms with Crippen LogP contribution in [0.25, 0.3) is 0 Å². The van der Waals surface area contributed by atoms with Gasteiger partial charge in [-0.1, -0.05) is 19.3 Å². The Labute approximate surface area is 163 Å². The highest BCUT2D eigenvalue weighted by Gasteiger charge is 2.27. The Hall–Kier alpha value is -1.95. The number of likely N-dealkylation sites (tertiary alicyclic amines) is 1. The van der Waals surface area contributed by atoms with Gasteiger partial charge in [-0.15, -0.1) is 0 Å². The number of aromatic hydroxyl groups is 1. The molecule has 1 saturated heterocycles. The molecule has 0 bridgehead atoms. The first-order valence-electron chi connectivity index (χ1n) is 10.3. The third-order valence-electron chi connectivity index (χ3n) is 5.84. The minimum atomic E-state index is 0.264. The molecule has 3 rings (SSSR count). The quantitative estimate of drug-likeness (QED) is 0.546. The van der Waals surface area contributed by atoms with Crippen LogP contribution in [-0.2, 0) is 6.54 Å². The van der Waals surface area contributed by atoms with Crippen molar-refractivity contribution in [2.45, 2.75) is 63.6 Å². The number of nitrogens with one attached hydrogen (secondary N) is 2. The van der Waals surface area contributed by atoms with Crippen LogP contribution in [0.4, 0.5) is 0 Å².